The topological polar surface area (TPSA) is 53.3 Å². The van der Waals surface area contributed by atoms with Gasteiger partial charge < -0.3 is 9.64 Å². The number of carbonyl (C=O) groups is 1. The van der Waals surface area contributed by atoms with E-state index in [1.165, 1.54) is 0 Å². The van der Waals surface area contributed by atoms with Crippen LogP contribution in [0.25, 0.3) is 0 Å². The summed E-state index contributed by atoms with van der Waals surface area (Å²) < 4.78 is 6.33. The van der Waals surface area contributed by atoms with E-state index in [1.807, 2.05) is 18.2 Å². The van der Waals surface area contributed by atoms with Crippen molar-refractivity contribution in [3.63, 3.8) is 0 Å². The molecule has 0 aliphatic carbocycles. The van der Waals surface area contributed by atoms with Crippen molar-refractivity contribution in [2.24, 2.45) is 5.92 Å². The predicted molar refractivity (Wildman–Crippen MR) is 79.3 cm³/mol. The van der Waals surface area contributed by atoms with E-state index in [0.29, 0.717) is 25.9 Å². The Morgan fingerprint density at radius 3 is 3.05 bits per heavy atom. The van der Waals surface area contributed by atoms with Crippen molar-refractivity contribution < 1.29 is 9.53 Å². The molecule has 20 heavy (non-hydrogen) atoms. The Morgan fingerprint density at radius 2 is 2.35 bits per heavy atom. The first-order valence-electron chi connectivity index (χ1n) is 6.64. The van der Waals surface area contributed by atoms with Gasteiger partial charge in [0.25, 0.3) is 0 Å². The van der Waals surface area contributed by atoms with Gasteiger partial charge >= 0.3 is 0 Å². The normalized spacial score (nSPS) is 18.8. The van der Waals surface area contributed by atoms with E-state index in [0.717, 1.165) is 22.2 Å². The lowest BCUT2D eigenvalue weighted by atomic mass is 9.98. The van der Waals surface area contributed by atoms with Crippen LogP contribution in [0.3, 0.4) is 0 Å². The van der Waals surface area contributed by atoms with Gasteiger partial charge in [-0.1, -0.05) is 15.9 Å². The molecule has 1 aromatic carbocycles. The van der Waals surface area contributed by atoms with E-state index in [9.17, 15) is 4.79 Å². The van der Waals surface area contributed by atoms with Crippen molar-refractivity contribution >= 4 is 21.8 Å². The van der Waals surface area contributed by atoms with Crippen LogP contribution in [0.1, 0.15) is 18.4 Å². The zero-order valence-corrected chi connectivity index (χ0v) is 13.0. The summed E-state index contributed by atoms with van der Waals surface area (Å²) >= 11 is 3.44. The van der Waals surface area contributed by atoms with Gasteiger partial charge in [-0.2, -0.15) is 5.26 Å². The van der Waals surface area contributed by atoms with E-state index in [-0.39, 0.29) is 11.8 Å². The Balaban J connectivity index is 2.02. The predicted octanol–water partition coefficient (Wildman–Crippen LogP) is 2.76. The van der Waals surface area contributed by atoms with E-state index in [1.54, 1.807) is 12.0 Å². The third-order valence-corrected chi connectivity index (χ3v) is 4.07. The molecule has 1 aromatic rings. The lowest BCUT2D eigenvalue weighted by Gasteiger charge is -2.29. The van der Waals surface area contributed by atoms with Gasteiger partial charge in [-0.15, -0.1) is 0 Å². The fraction of sp³-hybridized carbons (Fsp3) is 0.467. The highest BCUT2D eigenvalue weighted by Gasteiger charge is 2.25. The molecule has 0 N–H and O–H groups in total. The lowest BCUT2D eigenvalue weighted by molar-refractivity contribution is -0.134. The second kappa shape index (κ2) is 6.76. The van der Waals surface area contributed by atoms with Crippen LogP contribution in [0.15, 0.2) is 22.7 Å². The number of hydrogen-bond acceptors (Lipinski definition) is 3. The van der Waals surface area contributed by atoms with Crippen molar-refractivity contribution in [2.45, 2.75) is 19.3 Å². The first-order valence-corrected chi connectivity index (χ1v) is 7.43. The fourth-order valence-corrected chi connectivity index (χ4v) is 2.84. The molecule has 0 saturated carbocycles. The van der Waals surface area contributed by atoms with Gasteiger partial charge in [0.15, 0.2) is 0 Å². The van der Waals surface area contributed by atoms with Crippen LogP contribution in [0.5, 0.6) is 5.75 Å². The zero-order chi connectivity index (χ0) is 14.5. The first kappa shape index (κ1) is 14.9. The molecule has 1 heterocycles. The first-order chi connectivity index (χ1) is 9.63. The molecule has 106 valence electrons. The summed E-state index contributed by atoms with van der Waals surface area (Å²) in [7, 11) is 1.64. The summed E-state index contributed by atoms with van der Waals surface area (Å²) in [6.07, 6.45) is 1.90. The largest absolute Gasteiger partial charge is 0.496 e. The molecule has 1 unspecified atom stereocenters. The number of nitrogens with zero attached hydrogens (tertiary/aromatic N) is 2. The number of nitriles is 1. The minimum atomic E-state index is -0.0305. The van der Waals surface area contributed by atoms with Crippen LogP contribution in [0.4, 0.5) is 0 Å². The molecule has 0 bridgehead atoms. The molecule has 2 rings (SSSR count). The van der Waals surface area contributed by atoms with Gasteiger partial charge in [0.1, 0.15) is 5.75 Å². The Labute approximate surface area is 127 Å². The van der Waals surface area contributed by atoms with E-state index in [2.05, 4.69) is 22.0 Å². The summed E-state index contributed by atoms with van der Waals surface area (Å²) in [6, 6.07) is 8.11. The van der Waals surface area contributed by atoms with Gasteiger partial charge in [-0.25, -0.2) is 0 Å². The average Bonchev–Trinajstić information content (AvgIpc) is 2.46. The number of methoxy groups -OCH3 is 1. The Morgan fingerprint density at radius 1 is 1.55 bits per heavy atom. The number of likely N-dealkylation sites (tertiary alicyclic amines) is 1. The summed E-state index contributed by atoms with van der Waals surface area (Å²) in [5.74, 6) is 0.942. The maximum atomic E-state index is 11.9. The lowest BCUT2D eigenvalue weighted by Crippen LogP contribution is -2.40. The summed E-state index contributed by atoms with van der Waals surface area (Å²) in [4.78, 5) is 13.7. The smallest absolute Gasteiger partial charge is 0.222 e. The number of piperidine rings is 1. The maximum Gasteiger partial charge on any atom is 0.222 e. The number of amides is 1. The Hall–Kier alpha value is -1.54. The standard InChI is InChI=1S/C15H17BrN2O2/c1-20-14-4-3-13(16)8-12(14)6-7-18-10-11(9-17)2-5-15(18)19/h3-4,8,11H,2,5-7,10H2,1H3. The molecule has 0 aromatic heterocycles. The highest BCUT2D eigenvalue weighted by Crippen LogP contribution is 2.24. The monoisotopic (exact) mass is 336 g/mol. The van der Waals surface area contributed by atoms with Gasteiger partial charge in [-0.05, 0) is 36.6 Å². The molecular formula is C15H17BrN2O2. The van der Waals surface area contributed by atoms with Crippen molar-refractivity contribution in [3.05, 3.63) is 28.2 Å². The highest BCUT2D eigenvalue weighted by atomic mass is 79.9. The quantitative estimate of drug-likeness (QED) is 0.849. The van der Waals surface area contributed by atoms with Gasteiger partial charge in [0.2, 0.25) is 5.91 Å². The molecule has 1 atom stereocenters. The number of halogens is 1. The van der Waals surface area contributed by atoms with Crippen molar-refractivity contribution in [3.8, 4) is 11.8 Å². The molecule has 0 spiro atoms. The van der Waals surface area contributed by atoms with E-state index < -0.39 is 0 Å². The van der Waals surface area contributed by atoms with Crippen LogP contribution in [0, 0.1) is 17.2 Å². The van der Waals surface area contributed by atoms with Gasteiger partial charge in [0, 0.05) is 24.0 Å². The van der Waals surface area contributed by atoms with Crippen molar-refractivity contribution in [2.75, 3.05) is 20.2 Å². The van der Waals surface area contributed by atoms with Gasteiger partial charge in [0.05, 0.1) is 19.1 Å². The molecular weight excluding hydrogens is 320 g/mol. The number of carbonyl (C=O) groups excluding carboxylic acids is 1. The van der Waals surface area contributed by atoms with Crippen LogP contribution in [-0.4, -0.2) is 31.0 Å². The van der Waals surface area contributed by atoms with E-state index in [4.69, 9.17) is 10.00 Å². The van der Waals surface area contributed by atoms with Crippen LogP contribution in [-0.2, 0) is 11.2 Å². The number of hydrogen-bond donors (Lipinski definition) is 0. The summed E-state index contributed by atoms with van der Waals surface area (Å²) in [6.45, 7) is 1.18. The van der Waals surface area contributed by atoms with E-state index >= 15 is 0 Å². The minimum absolute atomic E-state index is 0.0305. The second-order valence-electron chi connectivity index (χ2n) is 4.91. The molecule has 1 saturated heterocycles. The zero-order valence-electron chi connectivity index (χ0n) is 11.4. The van der Waals surface area contributed by atoms with Crippen LogP contribution >= 0.6 is 15.9 Å². The minimum Gasteiger partial charge on any atom is -0.496 e. The third kappa shape index (κ3) is 3.51. The molecule has 1 fully saturated rings. The van der Waals surface area contributed by atoms with Crippen molar-refractivity contribution in [1.29, 1.82) is 5.26 Å². The van der Waals surface area contributed by atoms with Crippen LogP contribution in [0.2, 0.25) is 0 Å². The Kier molecular flexibility index (Phi) is 5.02. The molecule has 5 heteroatoms. The van der Waals surface area contributed by atoms with Gasteiger partial charge in [-0.3, -0.25) is 4.79 Å². The van der Waals surface area contributed by atoms with Crippen LogP contribution < -0.4 is 4.74 Å². The molecule has 1 amide bonds. The van der Waals surface area contributed by atoms with Crippen molar-refractivity contribution in [1.82, 2.24) is 4.90 Å². The number of benzene rings is 1. The second-order valence-corrected chi connectivity index (χ2v) is 5.83. The molecule has 0 radical (unpaired) electrons. The summed E-state index contributed by atoms with van der Waals surface area (Å²) in [5, 5.41) is 8.98. The highest BCUT2D eigenvalue weighted by molar-refractivity contribution is 9.10. The molecule has 1 aliphatic heterocycles. The summed E-state index contributed by atoms with van der Waals surface area (Å²) in [5.41, 5.74) is 1.06. The number of ether oxygens (including phenoxy) is 1. The Bertz CT molecular complexity index is 539. The maximum absolute atomic E-state index is 11.9. The molecule has 4 nitrogen and oxygen atoms in total. The third-order valence-electron chi connectivity index (χ3n) is 3.58. The molecule has 1 aliphatic rings. The SMILES string of the molecule is COc1ccc(Br)cc1CCN1CC(C#N)CCC1=O. The number of rotatable bonds is 4. The fourth-order valence-electron chi connectivity index (χ4n) is 2.43. The average molecular weight is 337 g/mol.